The molecule has 15 heavy (non-hydrogen) atoms. The molecule has 0 spiro atoms. The molecule has 0 radical (unpaired) electrons. The Morgan fingerprint density at radius 3 is 3.27 bits per heavy atom. The van der Waals surface area contributed by atoms with Crippen molar-refractivity contribution < 1.29 is 9.34 Å². The van der Waals surface area contributed by atoms with Crippen LogP contribution in [0.25, 0.3) is 0 Å². The van der Waals surface area contributed by atoms with Gasteiger partial charge in [0.15, 0.2) is 5.82 Å². The van der Waals surface area contributed by atoms with Crippen molar-refractivity contribution in [3.8, 4) is 0 Å². The molecule has 0 amide bonds. The molecule has 1 saturated heterocycles. The molecule has 2 rings (SSSR count). The summed E-state index contributed by atoms with van der Waals surface area (Å²) in [5.74, 6) is 1.34. The minimum absolute atomic E-state index is 0.456. The van der Waals surface area contributed by atoms with Crippen molar-refractivity contribution in [3.63, 3.8) is 0 Å². The first-order valence-electron chi connectivity index (χ1n) is 4.62. The highest BCUT2D eigenvalue weighted by atomic mass is 16.6. The molecule has 0 aliphatic carbocycles. The fraction of sp³-hybridized carbons (Fsp3) is 0.333. The molecule has 0 saturated carbocycles. The summed E-state index contributed by atoms with van der Waals surface area (Å²) in [6.45, 7) is 2.03. The molecule has 2 heterocycles. The number of hydrogen-bond donors (Lipinski definition) is 1. The van der Waals surface area contributed by atoms with Crippen LogP contribution in [0, 0.1) is 10.1 Å². The second-order valence-electron chi connectivity index (χ2n) is 3.23. The van der Waals surface area contributed by atoms with E-state index in [0.717, 1.165) is 25.0 Å². The summed E-state index contributed by atoms with van der Waals surface area (Å²) in [5.41, 5.74) is 0. The molecule has 1 aromatic heterocycles. The SMILES string of the molecule is O=[N+]([O-])/C=C1\NCCN1Cc1ccco1. The predicted molar refractivity (Wildman–Crippen MR) is 52.2 cm³/mol. The normalized spacial score (nSPS) is 18.1. The van der Waals surface area contributed by atoms with Gasteiger partial charge in [-0.3, -0.25) is 10.1 Å². The number of nitrogens with one attached hydrogen (secondary N) is 1. The van der Waals surface area contributed by atoms with Gasteiger partial charge in [0, 0.05) is 13.1 Å². The summed E-state index contributed by atoms with van der Waals surface area (Å²) in [5, 5.41) is 13.3. The van der Waals surface area contributed by atoms with Crippen LogP contribution in [0.1, 0.15) is 5.76 Å². The average molecular weight is 209 g/mol. The second kappa shape index (κ2) is 4.04. The van der Waals surface area contributed by atoms with Gasteiger partial charge in [-0.2, -0.15) is 0 Å². The molecular weight excluding hydrogens is 198 g/mol. The first-order valence-corrected chi connectivity index (χ1v) is 4.62. The lowest BCUT2D eigenvalue weighted by molar-refractivity contribution is -0.404. The molecule has 0 aromatic carbocycles. The highest BCUT2D eigenvalue weighted by molar-refractivity contribution is 5.05. The van der Waals surface area contributed by atoms with E-state index in [1.807, 2.05) is 11.0 Å². The molecule has 1 aliphatic heterocycles. The Morgan fingerprint density at radius 2 is 2.60 bits per heavy atom. The van der Waals surface area contributed by atoms with Crippen LogP contribution in [0.2, 0.25) is 0 Å². The van der Waals surface area contributed by atoms with Gasteiger partial charge in [0.05, 0.1) is 17.7 Å². The Balaban J connectivity index is 2.05. The Kier molecular flexibility index (Phi) is 2.57. The number of rotatable bonds is 3. The van der Waals surface area contributed by atoms with Crippen molar-refractivity contribution in [2.75, 3.05) is 13.1 Å². The molecule has 0 unspecified atom stereocenters. The lowest BCUT2D eigenvalue weighted by Crippen LogP contribution is -2.20. The van der Waals surface area contributed by atoms with E-state index in [-0.39, 0.29) is 0 Å². The van der Waals surface area contributed by atoms with E-state index in [9.17, 15) is 10.1 Å². The maximum absolute atomic E-state index is 10.3. The van der Waals surface area contributed by atoms with Crippen molar-refractivity contribution in [1.29, 1.82) is 0 Å². The first-order chi connectivity index (χ1) is 7.25. The Bertz CT molecular complexity index is 372. The molecule has 1 N–H and O–H groups in total. The van der Waals surface area contributed by atoms with Crippen molar-refractivity contribution in [2.24, 2.45) is 0 Å². The van der Waals surface area contributed by atoms with Gasteiger partial charge < -0.3 is 14.6 Å². The highest BCUT2D eigenvalue weighted by Crippen LogP contribution is 2.13. The summed E-state index contributed by atoms with van der Waals surface area (Å²) < 4.78 is 5.18. The zero-order valence-corrected chi connectivity index (χ0v) is 8.05. The fourth-order valence-electron chi connectivity index (χ4n) is 1.53. The highest BCUT2D eigenvalue weighted by Gasteiger charge is 2.20. The van der Waals surface area contributed by atoms with Crippen LogP contribution in [0.5, 0.6) is 0 Å². The van der Waals surface area contributed by atoms with Crippen LogP contribution in [0.3, 0.4) is 0 Å². The maximum Gasteiger partial charge on any atom is 0.274 e. The molecule has 0 bridgehead atoms. The van der Waals surface area contributed by atoms with Crippen molar-refractivity contribution in [1.82, 2.24) is 10.2 Å². The summed E-state index contributed by atoms with van der Waals surface area (Å²) in [6, 6.07) is 3.65. The monoisotopic (exact) mass is 209 g/mol. The first kappa shape index (κ1) is 9.57. The molecule has 1 aliphatic rings. The van der Waals surface area contributed by atoms with E-state index in [1.54, 1.807) is 12.3 Å². The third kappa shape index (κ3) is 2.28. The Hall–Kier alpha value is -1.98. The number of hydrogen-bond acceptors (Lipinski definition) is 5. The third-order valence-electron chi connectivity index (χ3n) is 2.18. The van der Waals surface area contributed by atoms with Gasteiger partial charge in [-0.25, -0.2) is 0 Å². The largest absolute Gasteiger partial charge is 0.467 e. The van der Waals surface area contributed by atoms with Crippen LogP contribution in [0.4, 0.5) is 0 Å². The summed E-state index contributed by atoms with van der Waals surface area (Å²) in [7, 11) is 0. The predicted octanol–water partition coefficient (Wildman–Crippen LogP) is 0.760. The zero-order chi connectivity index (χ0) is 10.7. The van der Waals surface area contributed by atoms with E-state index < -0.39 is 4.92 Å². The zero-order valence-electron chi connectivity index (χ0n) is 8.05. The smallest absolute Gasteiger partial charge is 0.274 e. The van der Waals surface area contributed by atoms with Crippen molar-refractivity contribution in [3.05, 3.63) is 46.3 Å². The molecule has 80 valence electrons. The average Bonchev–Trinajstić information content (AvgIpc) is 2.78. The van der Waals surface area contributed by atoms with Crippen molar-refractivity contribution in [2.45, 2.75) is 6.54 Å². The lowest BCUT2D eigenvalue weighted by atomic mass is 10.4. The fourth-order valence-corrected chi connectivity index (χ4v) is 1.53. The van der Waals surface area contributed by atoms with E-state index in [1.165, 1.54) is 0 Å². The summed E-state index contributed by atoms with van der Waals surface area (Å²) >= 11 is 0. The molecule has 1 fully saturated rings. The van der Waals surface area contributed by atoms with Gasteiger partial charge in [-0.05, 0) is 12.1 Å². The maximum atomic E-state index is 10.3. The van der Waals surface area contributed by atoms with Gasteiger partial charge in [0.25, 0.3) is 6.20 Å². The van der Waals surface area contributed by atoms with Gasteiger partial charge in [-0.15, -0.1) is 0 Å². The topological polar surface area (TPSA) is 71.6 Å². The minimum atomic E-state index is -0.456. The Labute approximate surface area is 86.3 Å². The van der Waals surface area contributed by atoms with E-state index in [0.29, 0.717) is 12.4 Å². The van der Waals surface area contributed by atoms with Crippen LogP contribution in [-0.4, -0.2) is 22.9 Å². The summed E-state index contributed by atoms with van der Waals surface area (Å²) in [4.78, 5) is 11.8. The number of nitrogens with zero attached hydrogens (tertiary/aromatic N) is 2. The second-order valence-corrected chi connectivity index (χ2v) is 3.23. The third-order valence-corrected chi connectivity index (χ3v) is 2.18. The van der Waals surface area contributed by atoms with Crippen LogP contribution in [0.15, 0.2) is 34.8 Å². The lowest BCUT2D eigenvalue weighted by Gasteiger charge is -2.14. The molecule has 0 atom stereocenters. The number of nitro groups is 1. The van der Waals surface area contributed by atoms with Crippen LogP contribution >= 0.6 is 0 Å². The molecule has 6 nitrogen and oxygen atoms in total. The van der Waals surface area contributed by atoms with E-state index in [2.05, 4.69) is 5.32 Å². The van der Waals surface area contributed by atoms with Gasteiger partial charge in [0.1, 0.15) is 5.76 Å². The molecular formula is C9H11N3O3. The van der Waals surface area contributed by atoms with E-state index in [4.69, 9.17) is 4.42 Å². The number of furan rings is 1. The molecule has 1 aromatic rings. The quantitative estimate of drug-likeness (QED) is 0.587. The van der Waals surface area contributed by atoms with E-state index >= 15 is 0 Å². The minimum Gasteiger partial charge on any atom is -0.467 e. The summed E-state index contributed by atoms with van der Waals surface area (Å²) in [6.07, 6.45) is 2.58. The van der Waals surface area contributed by atoms with Gasteiger partial charge >= 0.3 is 0 Å². The van der Waals surface area contributed by atoms with Crippen LogP contribution < -0.4 is 5.32 Å². The van der Waals surface area contributed by atoms with Gasteiger partial charge in [-0.1, -0.05) is 0 Å². The molecule has 6 heteroatoms. The standard InChI is InChI=1S/C9H11N3O3/c13-12(14)7-9-10-3-4-11(9)6-8-2-1-5-15-8/h1-2,5,7,10H,3-4,6H2/b9-7+. The van der Waals surface area contributed by atoms with Crippen molar-refractivity contribution >= 4 is 0 Å². The Morgan fingerprint density at radius 1 is 1.73 bits per heavy atom. The van der Waals surface area contributed by atoms with Gasteiger partial charge in [0.2, 0.25) is 0 Å². The van der Waals surface area contributed by atoms with Crippen LogP contribution in [-0.2, 0) is 6.54 Å².